The third-order valence-corrected chi connectivity index (χ3v) is 2.01. The van der Waals surface area contributed by atoms with Gasteiger partial charge in [0.2, 0.25) is 0 Å². The molecule has 0 saturated carbocycles. The number of phenolic OH excluding ortho intramolecular Hbond substituents is 1. The molecule has 0 aliphatic heterocycles. The Morgan fingerprint density at radius 2 is 1.71 bits per heavy atom. The second-order valence-electron chi connectivity index (χ2n) is 5.38. The van der Waals surface area contributed by atoms with Crippen molar-refractivity contribution in [2.75, 3.05) is 7.11 Å². The molecule has 0 radical (unpaired) electrons. The number of ether oxygens (including phenoxy) is 1. The van der Waals surface area contributed by atoms with Crippen molar-refractivity contribution in [1.82, 2.24) is 0 Å². The van der Waals surface area contributed by atoms with E-state index in [9.17, 15) is 5.11 Å². The highest BCUT2D eigenvalue weighted by molar-refractivity contribution is 7.17. The van der Waals surface area contributed by atoms with Crippen LogP contribution in [0.4, 0.5) is 0 Å². The largest absolute Gasteiger partial charge is 0.508 e. The SMILES string of the molecule is CC(C)P.COc1ccc(O)c(C(C)(C)C)c1. The third kappa shape index (κ3) is 6.53. The predicted octanol–water partition coefficient (Wildman–Crippen LogP) is 3.97. The van der Waals surface area contributed by atoms with Gasteiger partial charge in [0.25, 0.3) is 0 Å². The topological polar surface area (TPSA) is 29.5 Å². The van der Waals surface area contributed by atoms with E-state index in [1.54, 1.807) is 19.2 Å². The third-order valence-electron chi connectivity index (χ3n) is 2.01. The van der Waals surface area contributed by atoms with Gasteiger partial charge in [0.05, 0.1) is 7.11 Å². The number of aromatic hydroxyl groups is 1. The molecule has 3 heteroatoms. The van der Waals surface area contributed by atoms with Crippen molar-refractivity contribution >= 4 is 9.24 Å². The summed E-state index contributed by atoms with van der Waals surface area (Å²) in [6.07, 6.45) is 0. The van der Waals surface area contributed by atoms with Crippen LogP contribution in [0.3, 0.4) is 0 Å². The van der Waals surface area contributed by atoms with E-state index in [2.05, 4.69) is 43.9 Å². The first-order valence-corrected chi connectivity index (χ1v) is 6.48. The molecule has 0 aromatic heterocycles. The average Bonchev–Trinajstić information content (AvgIpc) is 2.16. The van der Waals surface area contributed by atoms with E-state index in [0.29, 0.717) is 5.75 Å². The Morgan fingerprint density at radius 3 is 2.06 bits per heavy atom. The monoisotopic (exact) mass is 256 g/mol. The fourth-order valence-electron chi connectivity index (χ4n) is 1.24. The molecule has 0 bridgehead atoms. The number of methoxy groups -OCH3 is 1. The van der Waals surface area contributed by atoms with Crippen LogP contribution in [0.1, 0.15) is 40.2 Å². The summed E-state index contributed by atoms with van der Waals surface area (Å²) >= 11 is 0. The maximum absolute atomic E-state index is 9.61. The number of benzene rings is 1. The van der Waals surface area contributed by atoms with Crippen LogP contribution in [0.25, 0.3) is 0 Å². The average molecular weight is 256 g/mol. The van der Waals surface area contributed by atoms with Crippen molar-refractivity contribution < 1.29 is 9.84 Å². The minimum Gasteiger partial charge on any atom is -0.508 e. The molecule has 17 heavy (non-hydrogen) atoms. The van der Waals surface area contributed by atoms with Crippen molar-refractivity contribution in [2.24, 2.45) is 0 Å². The zero-order valence-corrected chi connectivity index (χ0v) is 12.9. The highest BCUT2D eigenvalue weighted by Gasteiger charge is 2.18. The van der Waals surface area contributed by atoms with Crippen molar-refractivity contribution in [3.63, 3.8) is 0 Å². The molecule has 0 amide bonds. The first kappa shape index (κ1) is 16.2. The summed E-state index contributed by atoms with van der Waals surface area (Å²) in [4.78, 5) is 0. The molecule has 0 aliphatic rings. The van der Waals surface area contributed by atoms with Gasteiger partial charge in [0.1, 0.15) is 11.5 Å². The number of hydrogen-bond acceptors (Lipinski definition) is 2. The van der Waals surface area contributed by atoms with Gasteiger partial charge in [-0.25, -0.2) is 0 Å². The van der Waals surface area contributed by atoms with Crippen molar-refractivity contribution in [2.45, 2.75) is 45.7 Å². The van der Waals surface area contributed by atoms with E-state index in [4.69, 9.17) is 4.74 Å². The second-order valence-corrected chi connectivity index (χ2v) is 6.71. The first-order valence-electron chi connectivity index (χ1n) is 5.81. The Morgan fingerprint density at radius 1 is 1.24 bits per heavy atom. The van der Waals surface area contributed by atoms with Crippen molar-refractivity contribution in [3.8, 4) is 11.5 Å². The summed E-state index contributed by atoms with van der Waals surface area (Å²) in [5.41, 5.74) is 1.60. The summed E-state index contributed by atoms with van der Waals surface area (Å²) < 4.78 is 5.09. The van der Waals surface area contributed by atoms with Gasteiger partial charge in [-0.05, 0) is 29.3 Å². The summed E-state index contributed by atoms with van der Waals surface area (Å²) in [6, 6.07) is 5.29. The van der Waals surface area contributed by atoms with Crippen LogP contribution in [0, 0.1) is 0 Å². The molecule has 0 heterocycles. The van der Waals surface area contributed by atoms with Gasteiger partial charge < -0.3 is 9.84 Å². The van der Waals surface area contributed by atoms with Gasteiger partial charge >= 0.3 is 0 Å². The molecular formula is C14H25O2P. The maximum atomic E-state index is 9.61. The lowest BCUT2D eigenvalue weighted by molar-refractivity contribution is 0.405. The van der Waals surface area contributed by atoms with E-state index in [0.717, 1.165) is 17.0 Å². The molecular weight excluding hydrogens is 231 g/mol. The molecule has 0 aliphatic carbocycles. The lowest BCUT2D eigenvalue weighted by Crippen LogP contribution is -2.11. The van der Waals surface area contributed by atoms with Crippen LogP contribution in [-0.2, 0) is 5.41 Å². The van der Waals surface area contributed by atoms with E-state index in [1.807, 2.05) is 6.07 Å². The highest BCUT2D eigenvalue weighted by Crippen LogP contribution is 2.33. The molecule has 98 valence electrons. The van der Waals surface area contributed by atoms with E-state index >= 15 is 0 Å². The Bertz CT molecular complexity index is 338. The molecule has 1 aromatic rings. The van der Waals surface area contributed by atoms with Gasteiger partial charge in [-0.3, -0.25) is 0 Å². The smallest absolute Gasteiger partial charge is 0.119 e. The quantitative estimate of drug-likeness (QED) is 0.770. The first-order chi connectivity index (χ1) is 7.68. The molecule has 0 saturated heterocycles. The van der Waals surface area contributed by atoms with Crippen LogP contribution in [0.15, 0.2) is 18.2 Å². The van der Waals surface area contributed by atoms with Gasteiger partial charge in [-0.1, -0.05) is 34.6 Å². The highest BCUT2D eigenvalue weighted by atomic mass is 31.0. The van der Waals surface area contributed by atoms with E-state index in [-0.39, 0.29) is 5.41 Å². The molecule has 1 N–H and O–H groups in total. The van der Waals surface area contributed by atoms with Crippen LogP contribution in [-0.4, -0.2) is 17.9 Å². The van der Waals surface area contributed by atoms with Crippen LogP contribution in [0.5, 0.6) is 11.5 Å². The summed E-state index contributed by atoms with van der Waals surface area (Å²) in [5.74, 6) is 1.11. The predicted molar refractivity (Wildman–Crippen MR) is 78.2 cm³/mol. The molecule has 1 unspecified atom stereocenters. The van der Waals surface area contributed by atoms with Crippen LogP contribution >= 0.6 is 9.24 Å². The number of rotatable bonds is 1. The Balaban J connectivity index is 0.000000557. The zero-order chi connectivity index (χ0) is 13.6. The van der Waals surface area contributed by atoms with Gasteiger partial charge in [-0.15, -0.1) is 9.24 Å². The van der Waals surface area contributed by atoms with Gasteiger partial charge in [0, 0.05) is 5.56 Å². The Labute approximate surface area is 108 Å². The Kier molecular flexibility index (Phi) is 6.56. The van der Waals surface area contributed by atoms with Crippen molar-refractivity contribution in [3.05, 3.63) is 23.8 Å². The van der Waals surface area contributed by atoms with Crippen LogP contribution < -0.4 is 4.74 Å². The summed E-state index contributed by atoms with van der Waals surface area (Å²) in [5, 5.41) is 9.61. The minimum atomic E-state index is -0.0569. The lowest BCUT2D eigenvalue weighted by atomic mass is 9.86. The Hall–Kier alpha value is -0.750. The minimum absolute atomic E-state index is 0.0569. The maximum Gasteiger partial charge on any atom is 0.119 e. The number of hydrogen-bond donors (Lipinski definition) is 1. The molecule has 2 nitrogen and oxygen atoms in total. The molecule has 0 spiro atoms. The van der Waals surface area contributed by atoms with Crippen LogP contribution in [0.2, 0.25) is 0 Å². The van der Waals surface area contributed by atoms with E-state index in [1.165, 1.54) is 0 Å². The van der Waals surface area contributed by atoms with Crippen molar-refractivity contribution in [1.29, 1.82) is 0 Å². The fraction of sp³-hybridized carbons (Fsp3) is 0.571. The summed E-state index contributed by atoms with van der Waals surface area (Å²) in [6.45, 7) is 10.4. The molecule has 1 rings (SSSR count). The van der Waals surface area contributed by atoms with Gasteiger partial charge in [-0.2, -0.15) is 0 Å². The second kappa shape index (κ2) is 6.86. The standard InChI is InChI=1S/C11H16O2.C3H9P/c1-11(2,3)9-7-8(13-4)5-6-10(9)12;1-3(2)4/h5-7,12H,1-4H3;3H,4H2,1-2H3. The number of phenols is 1. The lowest BCUT2D eigenvalue weighted by Gasteiger charge is -2.20. The summed E-state index contributed by atoms with van der Waals surface area (Å²) in [7, 11) is 4.28. The fourth-order valence-corrected chi connectivity index (χ4v) is 1.24. The zero-order valence-electron chi connectivity index (χ0n) is 11.7. The van der Waals surface area contributed by atoms with Gasteiger partial charge in [0.15, 0.2) is 0 Å². The molecule has 0 fully saturated rings. The molecule has 1 aromatic carbocycles. The normalized spacial score (nSPS) is 10.8. The van der Waals surface area contributed by atoms with E-state index < -0.39 is 0 Å². The molecule has 1 atom stereocenters.